The van der Waals surface area contributed by atoms with Gasteiger partial charge in [-0.25, -0.2) is 0 Å². The second-order valence-corrected chi connectivity index (χ2v) is 17.7. The lowest BCUT2D eigenvalue weighted by Gasteiger charge is -2.38. The van der Waals surface area contributed by atoms with Gasteiger partial charge in [0.25, 0.3) is 11.4 Å². The Bertz CT molecular complexity index is 1420. The Balaban J connectivity index is 0.000000269. The molecule has 0 saturated carbocycles. The van der Waals surface area contributed by atoms with E-state index in [4.69, 9.17) is 4.43 Å². The summed E-state index contributed by atoms with van der Waals surface area (Å²) in [5, 5.41) is 31.0. The predicted molar refractivity (Wildman–Crippen MR) is 169 cm³/mol. The molecule has 2 aliphatic rings. The quantitative estimate of drug-likeness (QED) is 0.121. The summed E-state index contributed by atoms with van der Waals surface area (Å²) >= 11 is 0. The number of aliphatic hydroxyl groups excluding tert-OH is 1. The summed E-state index contributed by atoms with van der Waals surface area (Å²) in [6.07, 6.45) is -6.65. The summed E-state index contributed by atoms with van der Waals surface area (Å²) < 4.78 is 85.6. The van der Waals surface area contributed by atoms with Crippen molar-refractivity contribution in [3.05, 3.63) is 78.9 Å². The fraction of sp³-hybridized carbons (Fsp3) is 0.613. The number of β-amino-alcohol motifs (C(OH)–C–C–N with tert-alkyl or cyclic N) is 1. The molecule has 4 rings (SSSR count). The van der Waals surface area contributed by atoms with Crippen molar-refractivity contribution < 1.29 is 45.7 Å². The highest BCUT2D eigenvalue weighted by atomic mass is 28.4. The van der Waals surface area contributed by atoms with Crippen LogP contribution >= 0.6 is 0 Å². The van der Waals surface area contributed by atoms with Crippen molar-refractivity contribution in [3.8, 4) is 0 Å². The van der Waals surface area contributed by atoms with Gasteiger partial charge in [-0.1, -0.05) is 26.0 Å². The monoisotopic (exact) mass is 708 g/mol. The Morgan fingerprint density at radius 2 is 1.27 bits per heavy atom. The van der Waals surface area contributed by atoms with Crippen LogP contribution in [0.4, 0.5) is 37.7 Å². The Hall–Kier alpha value is -3.12. The average molecular weight is 709 g/mol. The molecule has 2 atom stereocenters. The van der Waals surface area contributed by atoms with Crippen molar-refractivity contribution in [2.24, 2.45) is 0 Å². The largest absolute Gasteiger partial charge is 0.416 e. The third kappa shape index (κ3) is 11.2. The van der Waals surface area contributed by atoms with Crippen LogP contribution in [0.15, 0.2) is 36.4 Å². The molecule has 0 bridgehead atoms. The molecule has 48 heavy (non-hydrogen) atoms. The molecule has 1 N–H and O–H groups in total. The number of halogens is 6. The van der Waals surface area contributed by atoms with Crippen LogP contribution in [0.1, 0.15) is 61.8 Å². The molecular formula is C31H42F6N4O6Si. The lowest BCUT2D eigenvalue weighted by Crippen LogP contribution is -2.46. The molecule has 2 fully saturated rings. The van der Waals surface area contributed by atoms with Crippen LogP contribution in [0.5, 0.6) is 0 Å². The summed E-state index contributed by atoms with van der Waals surface area (Å²) in [5.41, 5.74) is -2.54. The van der Waals surface area contributed by atoms with Crippen LogP contribution in [-0.2, 0) is 29.9 Å². The minimum absolute atomic E-state index is 0.0119. The van der Waals surface area contributed by atoms with Gasteiger partial charge in [0, 0.05) is 50.4 Å². The number of nitrogens with zero attached hydrogens (tertiary/aromatic N) is 4. The van der Waals surface area contributed by atoms with Gasteiger partial charge in [0.15, 0.2) is 8.32 Å². The standard InChI is InChI=1S/C18H27F3N2O3Si.C13H15F3N2O3/c1-13(2)27(3,4)26-16-6-5-9-22(12-16)11-14-7-8-15(23(24)25)10-17(14)18(19,20)21;14-13(15,16)12-6-10(18(20)21)4-3-9(12)7-17-5-1-2-11(19)8-17/h7-8,10,13,16H,5-6,9,11-12H2,1-4H3;3-4,6,11,19H,1-2,5,7-8H2. The highest BCUT2D eigenvalue weighted by Gasteiger charge is 2.37. The fourth-order valence-corrected chi connectivity index (χ4v) is 6.96. The molecule has 0 aliphatic carbocycles. The highest BCUT2D eigenvalue weighted by Crippen LogP contribution is 2.37. The number of hydrogen-bond donors (Lipinski definition) is 1. The molecule has 17 heteroatoms. The van der Waals surface area contributed by atoms with Crippen molar-refractivity contribution in [2.75, 3.05) is 26.2 Å². The molecule has 10 nitrogen and oxygen atoms in total. The van der Waals surface area contributed by atoms with Gasteiger partial charge in [-0.05, 0) is 68.5 Å². The van der Waals surface area contributed by atoms with Gasteiger partial charge in [0.2, 0.25) is 0 Å². The van der Waals surface area contributed by atoms with Crippen LogP contribution in [0.3, 0.4) is 0 Å². The third-order valence-corrected chi connectivity index (χ3v) is 12.5. The van der Waals surface area contributed by atoms with Gasteiger partial charge in [0.05, 0.1) is 33.2 Å². The first-order valence-electron chi connectivity index (χ1n) is 15.7. The lowest BCUT2D eigenvalue weighted by atomic mass is 10.0. The zero-order valence-corrected chi connectivity index (χ0v) is 28.3. The maximum absolute atomic E-state index is 13.4. The zero-order valence-electron chi connectivity index (χ0n) is 27.3. The topological polar surface area (TPSA) is 122 Å². The van der Waals surface area contributed by atoms with Crippen LogP contribution in [0.2, 0.25) is 18.6 Å². The Morgan fingerprint density at radius 1 is 0.833 bits per heavy atom. The number of aliphatic hydroxyl groups is 1. The maximum atomic E-state index is 13.4. The van der Waals surface area contributed by atoms with Crippen LogP contribution in [-0.4, -0.2) is 71.5 Å². The molecule has 2 saturated heterocycles. The second-order valence-electron chi connectivity index (χ2n) is 13.1. The molecule has 2 aromatic carbocycles. The number of nitro groups is 2. The molecule has 2 heterocycles. The predicted octanol–water partition coefficient (Wildman–Crippen LogP) is 7.78. The van der Waals surface area contributed by atoms with Crippen LogP contribution in [0.25, 0.3) is 0 Å². The van der Waals surface area contributed by atoms with E-state index in [0.29, 0.717) is 50.3 Å². The second kappa shape index (κ2) is 16.1. The summed E-state index contributed by atoms with van der Waals surface area (Å²) in [4.78, 5) is 23.5. The molecule has 268 valence electrons. The van der Waals surface area contributed by atoms with E-state index in [0.717, 1.165) is 37.5 Å². The van der Waals surface area contributed by atoms with Gasteiger partial charge >= 0.3 is 12.4 Å². The summed E-state index contributed by atoms with van der Waals surface area (Å²) in [7, 11) is -1.83. The van der Waals surface area contributed by atoms with Gasteiger partial charge in [-0.2, -0.15) is 26.3 Å². The molecule has 0 spiro atoms. The number of non-ortho nitro benzene ring substituents is 2. The van der Waals surface area contributed by atoms with E-state index in [9.17, 15) is 51.7 Å². The zero-order chi connectivity index (χ0) is 36.0. The highest BCUT2D eigenvalue weighted by molar-refractivity contribution is 6.72. The normalized spacial score (nSPS) is 19.9. The number of rotatable bonds is 9. The van der Waals surface area contributed by atoms with Gasteiger partial charge in [-0.15, -0.1) is 0 Å². The molecular weight excluding hydrogens is 666 g/mol. The number of nitro benzene ring substituents is 2. The van der Waals surface area contributed by atoms with Crippen molar-refractivity contribution >= 4 is 19.7 Å². The Kier molecular flexibility index (Phi) is 13.2. The first-order chi connectivity index (χ1) is 22.2. The van der Waals surface area contributed by atoms with Gasteiger partial charge in [-0.3, -0.25) is 30.0 Å². The fourth-order valence-electron chi connectivity index (χ4n) is 5.63. The van der Waals surface area contributed by atoms with Crippen molar-refractivity contribution in [2.45, 2.75) is 95.8 Å². The molecule has 2 aliphatic heterocycles. The van der Waals surface area contributed by atoms with Crippen molar-refractivity contribution in [1.29, 1.82) is 0 Å². The maximum Gasteiger partial charge on any atom is 0.416 e. The number of likely N-dealkylation sites (tertiary alicyclic amines) is 2. The van der Waals surface area contributed by atoms with Crippen LogP contribution < -0.4 is 0 Å². The minimum Gasteiger partial charge on any atom is -0.413 e. The van der Waals surface area contributed by atoms with E-state index in [-0.39, 0.29) is 30.3 Å². The Labute approximate surface area is 276 Å². The third-order valence-electron chi connectivity index (χ3n) is 8.81. The van der Waals surface area contributed by atoms with E-state index < -0.39 is 59.1 Å². The first-order valence-corrected chi connectivity index (χ1v) is 18.7. The smallest absolute Gasteiger partial charge is 0.413 e. The molecule has 0 aromatic heterocycles. The van der Waals surface area contributed by atoms with Crippen molar-refractivity contribution in [1.82, 2.24) is 9.80 Å². The molecule has 2 aromatic rings. The van der Waals surface area contributed by atoms with E-state index in [1.807, 2.05) is 4.90 Å². The lowest BCUT2D eigenvalue weighted by molar-refractivity contribution is -0.385. The van der Waals surface area contributed by atoms with Gasteiger partial charge < -0.3 is 9.53 Å². The summed E-state index contributed by atoms with van der Waals surface area (Å²) in [5.74, 6) is 0. The first kappa shape index (κ1) is 39.3. The number of piperidine rings is 2. The summed E-state index contributed by atoms with van der Waals surface area (Å²) in [6.45, 7) is 10.9. The Morgan fingerprint density at radius 3 is 1.67 bits per heavy atom. The van der Waals surface area contributed by atoms with Crippen molar-refractivity contribution in [3.63, 3.8) is 0 Å². The van der Waals surface area contributed by atoms with Crippen LogP contribution in [0, 0.1) is 20.2 Å². The SMILES string of the molecule is CC(C)[Si](C)(C)OC1CCCN(Cc2ccc([N+](=O)[O-])cc2C(F)(F)F)C1.O=[N+]([O-])c1ccc(CN2CCCC(O)C2)c(C(F)(F)F)c1. The van der Waals surface area contributed by atoms with E-state index >= 15 is 0 Å². The van der Waals surface area contributed by atoms with E-state index in [1.54, 1.807) is 4.90 Å². The van der Waals surface area contributed by atoms with E-state index in [1.165, 1.54) is 6.07 Å². The van der Waals surface area contributed by atoms with E-state index in [2.05, 4.69) is 26.9 Å². The molecule has 0 amide bonds. The number of hydrogen-bond acceptors (Lipinski definition) is 8. The minimum atomic E-state index is -4.64. The summed E-state index contributed by atoms with van der Waals surface area (Å²) in [6, 6.07) is 5.76. The molecule has 2 unspecified atom stereocenters. The number of benzene rings is 2. The van der Waals surface area contributed by atoms with Gasteiger partial charge in [0.1, 0.15) is 0 Å². The number of alkyl halides is 6. The molecule has 0 radical (unpaired) electrons. The average Bonchev–Trinajstić information content (AvgIpc) is 2.96.